The minimum atomic E-state index is -0.125. The number of carbonyl (C=O) groups is 2. The number of benzene rings is 2. The molecule has 2 aromatic rings. The van der Waals surface area contributed by atoms with Crippen LogP contribution in [0.4, 0.5) is 5.69 Å². The van der Waals surface area contributed by atoms with Crippen LogP contribution in [0.25, 0.3) is 6.08 Å². The van der Waals surface area contributed by atoms with E-state index in [0.29, 0.717) is 4.91 Å². The molecule has 1 N–H and O–H groups in total. The van der Waals surface area contributed by atoms with Crippen molar-refractivity contribution in [1.29, 1.82) is 0 Å². The maximum atomic E-state index is 13.1. The van der Waals surface area contributed by atoms with Crippen molar-refractivity contribution in [2.75, 3.05) is 11.4 Å². The Labute approximate surface area is 157 Å². The molecular formula is C21H20N2O2S. The lowest BCUT2D eigenvalue weighted by atomic mass is 10.1. The molecule has 0 radical (unpaired) electrons. The number of hydrogen-bond acceptors (Lipinski definition) is 3. The Morgan fingerprint density at radius 2 is 1.92 bits per heavy atom. The average Bonchev–Trinajstić information content (AvgIpc) is 3.44. The van der Waals surface area contributed by atoms with E-state index in [1.54, 1.807) is 4.90 Å². The summed E-state index contributed by atoms with van der Waals surface area (Å²) in [4.78, 5) is 28.6. The van der Waals surface area contributed by atoms with E-state index in [9.17, 15) is 9.59 Å². The fraction of sp³-hybridized carbons (Fsp3) is 0.238. The largest absolute Gasteiger partial charge is 0.352 e. The first-order chi connectivity index (χ1) is 12.6. The lowest BCUT2D eigenvalue weighted by molar-refractivity contribution is -0.122. The molecule has 2 aromatic carbocycles. The van der Waals surface area contributed by atoms with Gasteiger partial charge in [-0.1, -0.05) is 53.7 Å². The normalized spacial score (nSPS) is 18.0. The standard InChI is InChI=1S/C21H20N2O2S/c1-14-6-8-15(9-7-14)12-19-21(25)23(13-20(24)22-16-10-11-16)17-4-2-3-5-18(17)26-19/h2-9,12,16H,10-11,13H2,1H3,(H,22,24)/b19-12+. The van der Waals surface area contributed by atoms with Gasteiger partial charge in [0.1, 0.15) is 6.54 Å². The lowest BCUT2D eigenvalue weighted by Crippen LogP contribution is -2.43. The molecular weight excluding hydrogens is 344 g/mol. The lowest BCUT2D eigenvalue weighted by Gasteiger charge is -2.29. The first-order valence-corrected chi connectivity index (χ1v) is 9.58. The Balaban J connectivity index is 1.64. The summed E-state index contributed by atoms with van der Waals surface area (Å²) >= 11 is 1.46. The van der Waals surface area contributed by atoms with Crippen LogP contribution in [-0.2, 0) is 9.59 Å². The third kappa shape index (κ3) is 3.68. The van der Waals surface area contributed by atoms with Gasteiger partial charge in [0.25, 0.3) is 5.91 Å². The van der Waals surface area contributed by atoms with Gasteiger partial charge in [-0.3, -0.25) is 14.5 Å². The second-order valence-corrected chi connectivity index (χ2v) is 7.81. The summed E-state index contributed by atoms with van der Waals surface area (Å²) in [6.07, 6.45) is 3.96. The van der Waals surface area contributed by atoms with Gasteiger partial charge in [0.15, 0.2) is 0 Å². The number of amides is 2. The molecule has 5 heteroatoms. The third-order valence-corrected chi connectivity index (χ3v) is 5.53. The van der Waals surface area contributed by atoms with Crippen LogP contribution in [-0.4, -0.2) is 24.4 Å². The molecule has 0 bridgehead atoms. The number of carbonyl (C=O) groups excluding carboxylic acids is 2. The van der Waals surface area contributed by atoms with Crippen molar-refractivity contribution in [2.45, 2.75) is 30.7 Å². The van der Waals surface area contributed by atoms with Gasteiger partial charge < -0.3 is 5.32 Å². The van der Waals surface area contributed by atoms with Gasteiger partial charge in [0.05, 0.1) is 10.6 Å². The number of thioether (sulfide) groups is 1. The SMILES string of the molecule is Cc1ccc(/C=C2/Sc3ccccc3N(CC(=O)NC3CC3)C2=O)cc1. The highest BCUT2D eigenvalue weighted by atomic mass is 32.2. The molecule has 0 aromatic heterocycles. The summed E-state index contributed by atoms with van der Waals surface area (Å²) in [5, 5.41) is 2.96. The number of para-hydroxylation sites is 1. The average molecular weight is 364 g/mol. The number of fused-ring (bicyclic) bond motifs is 1. The molecule has 1 aliphatic heterocycles. The predicted octanol–water partition coefficient (Wildman–Crippen LogP) is 3.75. The number of rotatable bonds is 4. The molecule has 0 spiro atoms. The van der Waals surface area contributed by atoms with Gasteiger partial charge in [-0.25, -0.2) is 0 Å². The van der Waals surface area contributed by atoms with E-state index < -0.39 is 0 Å². The summed E-state index contributed by atoms with van der Waals surface area (Å²) < 4.78 is 0. The van der Waals surface area contributed by atoms with Crippen molar-refractivity contribution < 1.29 is 9.59 Å². The van der Waals surface area contributed by atoms with Crippen molar-refractivity contribution in [1.82, 2.24) is 5.32 Å². The fourth-order valence-corrected chi connectivity index (χ4v) is 3.94. The van der Waals surface area contributed by atoms with Crippen LogP contribution in [0.3, 0.4) is 0 Å². The number of aryl methyl sites for hydroxylation is 1. The molecule has 1 heterocycles. The molecule has 2 aliphatic rings. The molecule has 1 saturated carbocycles. The number of nitrogens with zero attached hydrogens (tertiary/aromatic N) is 1. The Bertz CT molecular complexity index is 885. The molecule has 1 fully saturated rings. The van der Waals surface area contributed by atoms with Gasteiger partial charge in [0.2, 0.25) is 5.91 Å². The first-order valence-electron chi connectivity index (χ1n) is 8.76. The van der Waals surface area contributed by atoms with Crippen LogP contribution in [0, 0.1) is 6.92 Å². The Morgan fingerprint density at radius 1 is 1.19 bits per heavy atom. The highest BCUT2D eigenvalue weighted by Gasteiger charge is 2.31. The molecule has 0 atom stereocenters. The van der Waals surface area contributed by atoms with Crippen molar-refractivity contribution >= 4 is 35.3 Å². The summed E-state index contributed by atoms with van der Waals surface area (Å²) in [7, 11) is 0. The van der Waals surface area contributed by atoms with E-state index in [-0.39, 0.29) is 24.4 Å². The molecule has 1 aliphatic carbocycles. The van der Waals surface area contributed by atoms with Crippen LogP contribution in [0.1, 0.15) is 24.0 Å². The Morgan fingerprint density at radius 3 is 2.65 bits per heavy atom. The maximum absolute atomic E-state index is 13.1. The smallest absolute Gasteiger partial charge is 0.265 e. The highest BCUT2D eigenvalue weighted by Crippen LogP contribution is 2.41. The van der Waals surface area contributed by atoms with Gasteiger partial charge in [0, 0.05) is 10.9 Å². The van der Waals surface area contributed by atoms with Crippen LogP contribution >= 0.6 is 11.8 Å². The fourth-order valence-electron chi connectivity index (χ4n) is 2.88. The van der Waals surface area contributed by atoms with Crippen LogP contribution in [0.5, 0.6) is 0 Å². The van der Waals surface area contributed by atoms with Gasteiger partial charge >= 0.3 is 0 Å². The minimum Gasteiger partial charge on any atom is -0.352 e. The molecule has 2 amide bonds. The Kier molecular flexibility index (Phi) is 4.55. The zero-order chi connectivity index (χ0) is 18.1. The van der Waals surface area contributed by atoms with E-state index in [1.165, 1.54) is 17.3 Å². The van der Waals surface area contributed by atoms with Gasteiger partial charge in [-0.15, -0.1) is 0 Å². The summed E-state index contributed by atoms with van der Waals surface area (Å²) in [5.41, 5.74) is 2.96. The van der Waals surface area contributed by atoms with E-state index in [0.717, 1.165) is 29.0 Å². The van der Waals surface area contributed by atoms with Crippen molar-refractivity contribution in [3.63, 3.8) is 0 Å². The van der Waals surface area contributed by atoms with Gasteiger partial charge in [-0.2, -0.15) is 0 Å². The Hall–Kier alpha value is -2.53. The first kappa shape index (κ1) is 16.9. The minimum absolute atomic E-state index is 0.0537. The van der Waals surface area contributed by atoms with E-state index in [1.807, 2.05) is 61.5 Å². The zero-order valence-electron chi connectivity index (χ0n) is 14.6. The van der Waals surface area contributed by atoms with Gasteiger partial charge in [-0.05, 0) is 43.5 Å². The van der Waals surface area contributed by atoms with Crippen LogP contribution < -0.4 is 10.2 Å². The second kappa shape index (κ2) is 7.00. The van der Waals surface area contributed by atoms with Crippen molar-refractivity contribution in [3.05, 3.63) is 64.6 Å². The number of hydrogen-bond donors (Lipinski definition) is 1. The van der Waals surface area contributed by atoms with E-state index in [4.69, 9.17) is 0 Å². The molecule has 4 rings (SSSR count). The summed E-state index contributed by atoms with van der Waals surface area (Å²) in [5.74, 6) is -0.225. The molecule has 0 unspecified atom stereocenters. The monoisotopic (exact) mass is 364 g/mol. The topological polar surface area (TPSA) is 49.4 Å². The molecule has 132 valence electrons. The quantitative estimate of drug-likeness (QED) is 0.841. The second-order valence-electron chi connectivity index (χ2n) is 6.72. The number of nitrogens with one attached hydrogen (secondary N) is 1. The number of anilines is 1. The third-order valence-electron chi connectivity index (χ3n) is 4.45. The highest BCUT2D eigenvalue weighted by molar-refractivity contribution is 8.04. The molecule has 26 heavy (non-hydrogen) atoms. The van der Waals surface area contributed by atoms with Crippen molar-refractivity contribution in [2.24, 2.45) is 0 Å². The van der Waals surface area contributed by atoms with E-state index >= 15 is 0 Å². The predicted molar refractivity (Wildman–Crippen MR) is 105 cm³/mol. The van der Waals surface area contributed by atoms with E-state index in [2.05, 4.69) is 5.32 Å². The maximum Gasteiger partial charge on any atom is 0.265 e. The zero-order valence-corrected chi connectivity index (χ0v) is 15.4. The summed E-state index contributed by atoms with van der Waals surface area (Å²) in [6, 6.07) is 16.1. The molecule has 4 nitrogen and oxygen atoms in total. The van der Waals surface area contributed by atoms with Crippen LogP contribution in [0.15, 0.2) is 58.3 Å². The summed E-state index contributed by atoms with van der Waals surface area (Å²) in [6.45, 7) is 2.09. The molecule has 0 saturated heterocycles. The van der Waals surface area contributed by atoms with Crippen molar-refractivity contribution in [3.8, 4) is 0 Å². The van der Waals surface area contributed by atoms with Crippen LogP contribution in [0.2, 0.25) is 0 Å².